The molecule has 1 amide bonds. The van der Waals surface area contributed by atoms with E-state index in [4.69, 9.17) is 0 Å². The molecule has 0 atom stereocenters. The van der Waals surface area contributed by atoms with E-state index in [0.717, 1.165) is 4.47 Å². The first-order chi connectivity index (χ1) is 9.79. The number of rotatable bonds is 3. The van der Waals surface area contributed by atoms with E-state index in [9.17, 15) is 14.9 Å². The Kier molecular flexibility index (Phi) is 4.13. The molecule has 1 aromatic heterocycles. The van der Waals surface area contributed by atoms with E-state index in [1.807, 2.05) is 0 Å². The van der Waals surface area contributed by atoms with Crippen molar-refractivity contribution in [2.75, 3.05) is 5.32 Å². The van der Waals surface area contributed by atoms with E-state index in [1.54, 1.807) is 43.8 Å². The number of anilines is 1. The fraction of sp³-hybridized carbons (Fsp3) is 0.214. The van der Waals surface area contributed by atoms with Gasteiger partial charge in [0.1, 0.15) is 5.69 Å². The molecule has 0 aliphatic heterocycles. The quantitative estimate of drug-likeness (QED) is 0.678. The lowest BCUT2D eigenvalue weighted by molar-refractivity contribution is -0.385. The zero-order chi connectivity index (χ0) is 15.7. The second kappa shape index (κ2) is 5.69. The average molecular weight is 352 g/mol. The number of nitrogens with one attached hydrogen (secondary N) is 1. The molecule has 0 saturated heterocycles. The molecule has 1 N–H and O–H groups in total. The summed E-state index contributed by atoms with van der Waals surface area (Å²) in [5.41, 5.74) is 2.27. The van der Waals surface area contributed by atoms with Crippen LogP contribution >= 0.6 is 15.9 Å². The third kappa shape index (κ3) is 3.13. The number of nitro groups is 1. The summed E-state index contributed by atoms with van der Waals surface area (Å²) in [4.78, 5) is 22.7. The van der Waals surface area contributed by atoms with Gasteiger partial charge >= 0.3 is 0 Å². The molecule has 2 aromatic rings. The second-order valence-electron chi connectivity index (χ2n) is 4.82. The van der Waals surface area contributed by atoms with Crippen LogP contribution in [0.4, 0.5) is 11.4 Å². The number of nitro benzene ring substituents is 1. The van der Waals surface area contributed by atoms with Crippen LogP contribution in [0.2, 0.25) is 0 Å². The molecule has 0 fully saturated rings. The summed E-state index contributed by atoms with van der Waals surface area (Å²) in [6.07, 6.45) is 1.78. The van der Waals surface area contributed by atoms with Crippen LogP contribution in [0.1, 0.15) is 21.6 Å². The summed E-state index contributed by atoms with van der Waals surface area (Å²) in [6.45, 7) is 3.37. The predicted molar refractivity (Wildman–Crippen MR) is 83.6 cm³/mol. The van der Waals surface area contributed by atoms with Crippen molar-refractivity contribution in [1.29, 1.82) is 0 Å². The second-order valence-corrected chi connectivity index (χ2v) is 5.73. The number of halogens is 1. The van der Waals surface area contributed by atoms with Crippen molar-refractivity contribution in [3.8, 4) is 0 Å². The molecule has 0 bridgehead atoms. The number of carbonyl (C=O) groups is 1. The van der Waals surface area contributed by atoms with Crippen LogP contribution in [0.5, 0.6) is 0 Å². The highest BCUT2D eigenvalue weighted by atomic mass is 79.9. The van der Waals surface area contributed by atoms with Gasteiger partial charge in [-0.2, -0.15) is 0 Å². The van der Waals surface area contributed by atoms with Crippen molar-refractivity contribution in [1.82, 2.24) is 4.57 Å². The SMILES string of the molecule is Cc1cc([N+](=O)[O-])c(C)cc1NC(=O)c1cc(Br)cn1C. The summed E-state index contributed by atoms with van der Waals surface area (Å²) in [6, 6.07) is 4.79. The molecular formula is C14H14BrN3O3. The Hall–Kier alpha value is -2.15. The first kappa shape index (κ1) is 15.2. The van der Waals surface area contributed by atoms with Gasteiger partial charge in [0.2, 0.25) is 0 Å². The van der Waals surface area contributed by atoms with Gasteiger partial charge in [-0.15, -0.1) is 0 Å². The number of aryl methyl sites for hydroxylation is 3. The van der Waals surface area contributed by atoms with Gasteiger partial charge in [-0.3, -0.25) is 14.9 Å². The minimum absolute atomic E-state index is 0.0483. The van der Waals surface area contributed by atoms with E-state index in [2.05, 4.69) is 21.2 Å². The first-order valence-corrected chi connectivity index (χ1v) is 6.97. The normalized spacial score (nSPS) is 10.5. The van der Waals surface area contributed by atoms with Crippen LogP contribution in [0.15, 0.2) is 28.9 Å². The Balaban J connectivity index is 2.32. The molecule has 0 unspecified atom stereocenters. The maximum Gasteiger partial charge on any atom is 0.272 e. The Morgan fingerprint density at radius 3 is 2.48 bits per heavy atom. The van der Waals surface area contributed by atoms with Crippen LogP contribution in [-0.4, -0.2) is 15.4 Å². The Morgan fingerprint density at radius 2 is 1.95 bits per heavy atom. The molecule has 1 aromatic carbocycles. The molecule has 21 heavy (non-hydrogen) atoms. The molecule has 0 aliphatic rings. The zero-order valence-corrected chi connectivity index (χ0v) is 13.4. The molecular weight excluding hydrogens is 338 g/mol. The van der Waals surface area contributed by atoms with Crippen molar-refractivity contribution < 1.29 is 9.72 Å². The van der Waals surface area contributed by atoms with Crippen molar-refractivity contribution in [3.05, 3.63) is 55.8 Å². The molecule has 0 radical (unpaired) electrons. The number of aromatic nitrogens is 1. The van der Waals surface area contributed by atoms with Crippen molar-refractivity contribution >= 4 is 33.2 Å². The first-order valence-electron chi connectivity index (χ1n) is 6.18. The predicted octanol–water partition coefficient (Wildman–Crippen LogP) is 3.56. The standard InChI is InChI=1S/C14H14BrN3O3/c1-8-5-12(18(20)21)9(2)4-11(8)16-14(19)13-6-10(15)7-17(13)3/h4-7H,1-3H3,(H,16,19). The van der Waals surface area contributed by atoms with E-state index in [0.29, 0.717) is 22.5 Å². The van der Waals surface area contributed by atoms with Gasteiger partial charge < -0.3 is 9.88 Å². The molecule has 0 spiro atoms. The minimum Gasteiger partial charge on any atom is -0.345 e. The lowest BCUT2D eigenvalue weighted by Crippen LogP contribution is -2.16. The third-order valence-corrected chi connectivity index (χ3v) is 3.63. The van der Waals surface area contributed by atoms with Gasteiger partial charge in [-0.25, -0.2) is 0 Å². The fourth-order valence-corrected chi connectivity index (χ4v) is 2.59. The van der Waals surface area contributed by atoms with Crippen LogP contribution in [0, 0.1) is 24.0 Å². The van der Waals surface area contributed by atoms with Gasteiger partial charge in [0.25, 0.3) is 11.6 Å². The van der Waals surface area contributed by atoms with Gasteiger partial charge in [0, 0.05) is 35.0 Å². The van der Waals surface area contributed by atoms with Gasteiger partial charge in [-0.1, -0.05) is 0 Å². The van der Waals surface area contributed by atoms with Gasteiger partial charge in [-0.05, 0) is 47.5 Å². The highest BCUT2D eigenvalue weighted by Gasteiger charge is 2.16. The summed E-state index contributed by atoms with van der Waals surface area (Å²) >= 11 is 3.31. The Labute approximate surface area is 130 Å². The summed E-state index contributed by atoms with van der Waals surface area (Å²) < 4.78 is 2.51. The van der Waals surface area contributed by atoms with Crippen molar-refractivity contribution in [3.63, 3.8) is 0 Å². The summed E-state index contributed by atoms with van der Waals surface area (Å²) in [7, 11) is 1.77. The van der Waals surface area contributed by atoms with E-state index < -0.39 is 4.92 Å². The van der Waals surface area contributed by atoms with Crippen LogP contribution in [0.25, 0.3) is 0 Å². The average Bonchev–Trinajstić information content (AvgIpc) is 2.72. The Bertz CT molecular complexity index is 737. The lowest BCUT2D eigenvalue weighted by atomic mass is 10.1. The van der Waals surface area contributed by atoms with Crippen LogP contribution < -0.4 is 5.32 Å². The maximum absolute atomic E-state index is 12.2. The largest absolute Gasteiger partial charge is 0.345 e. The molecule has 6 nitrogen and oxygen atoms in total. The van der Waals surface area contributed by atoms with Gasteiger partial charge in [0.15, 0.2) is 0 Å². The number of benzene rings is 1. The van der Waals surface area contributed by atoms with E-state index >= 15 is 0 Å². The number of carbonyl (C=O) groups excluding carboxylic acids is 1. The van der Waals surface area contributed by atoms with Crippen molar-refractivity contribution in [2.45, 2.75) is 13.8 Å². The zero-order valence-electron chi connectivity index (χ0n) is 11.8. The maximum atomic E-state index is 12.2. The molecule has 0 aliphatic carbocycles. The number of amides is 1. The fourth-order valence-electron chi connectivity index (χ4n) is 2.07. The molecule has 110 valence electrons. The smallest absolute Gasteiger partial charge is 0.272 e. The lowest BCUT2D eigenvalue weighted by Gasteiger charge is -2.10. The van der Waals surface area contributed by atoms with Gasteiger partial charge in [0.05, 0.1) is 4.92 Å². The highest BCUT2D eigenvalue weighted by molar-refractivity contribution is 9.10. The van der Waals surface area contributed by atoms with E-state index in [1.165, 1.54) is 6.07 Å². The topological polar surface area (TPSA) is 77.2 Å². The van der Waals surface area contributed by atoms with Crippen LogP contribution in [-0.2, 0) is 7.05 Å². The third-order valence-electron chi connectivity index (χ3n) is 3.19. The summed E-state index contributed by atoms with van der Waals surface area (Å²) in [5.74, 6) is -0.264. The summed E-state index contributed by atoms with van der Waals surface area (Å²) in [5, 5.41) is 13.7. The van der Waals surface area contributed by atoms with Crippen LogP contribution in [0.3, 0.4) is 0 Å². The molecule has 2 rings (SSSR count). The minimum atomic E-state index is -0.428. The molecule has 0 saturated carbocycles. The monoisotopic (exact) mass is 351 g/mol. The van der Waals surface area contributed by atoms with Crippen molar-refractivity contribution in [2.24, 2.45) is 7.05 Å². The number of nitrogens with zero attached hydrogens (tertiary/aromatic N) is 2. The van der Waals surface area contributed by atoms with E-state index in [-0.39, 0.29) is 11.6 Å². The number of hydrogen-bond acceptors (Lipinski definition) is 3. The molecule has 7 heteroatoms. The Morgan fingerprint density at radius 1 is 1.29 bits per heavy atom. The molecule has 1 heterocycles. The number of hydrogen-bond donors (Lipinski definition) is 1. The highest BCUT2D eigenvalue weighted by Crippen LogP contribution is 2.26.